The van der Waals surface area contributed by atoms with Crippen LogP contribution in [0.15, 0.2) is 5.16 Å². The van der Waals surface area contributed by atoms with Crippen LogP contribution in [0.4, 0.5) is 5.95 Å². The highest BCUT2D eigenvalue weighted by Gasteiger charge is 2.11. The first-order valence-electron chi connectivity index (χ1n) is 6.00. The number of nitrogens with zero attached hydrogens (tertiary/aromatic N) is 4. The maximum absolute atomic E-state index is 8.99. The molecule has 0 radical (unpaired) electrons. The van der Waals surface area contributed by atoms with Gasteiger partial charge in [0.25, 0.3) is 0 Å². The lowest BCUT2D eigenvalue weighted by molar-refractivity contribution is 0.250. The van der Waals surface area contributed by atoms with E-state index in [0.717, 1.165) is 18.8 Å². The summed E-state index contributed by atoms with van der Waals surface area (Å²) in [5, 5.41) is 9.81. The summed E-state index contributed by atoms with van der Waals surface area (Å²) in [5.74, 6) is 1.58. The summed E-state index contributed by atoms with van der Waals surface area (Å²) in [6, 6.07) is 0. The zero-order valence-corrected chi connectivity index (χ0v) is 12.5. The van der Waals surface area contributed by atoms with Gasteiger partial charge in [0.2, 0.25) is 11.2 Å². The van der Waals surface area contributed by atoms with E-state index in [1.807, 2.05) is 25.7 Å². The van der Waals surface area contributed by atoms with Crippen molar-refractivity contribution in [1.82, 2.24) is 15.0 Å². The zero-order chi connectivity index (χ0) is 13.5. The second kappa shape index (κ2) is 7.76. The minimum atomic E-state index is 0.161. The van der Waals surface area contributed by atoms with Gasteiger partial charge in [0.15, 0.2) is 5.16 Å². The largest absolute Gasteiger partial charge is 0.396 e. The maximum Gasteiger partial charge on any atom is 0.230 e. The van der Waals surface area contributed by atoms with Crippen molar-refractivity contribution in [2.45, 2.75) is 25.9 Å². The van der Waals surface area contributed by atoms with Crippen molar-refractivity contribution < 1.29 is 5.11 Å². The molecule has 1 atom stereocenters. The molecule has 0 aliphatic heterocycles. The molecule has 7 heteroatoms. The molecular weight excluding hydrogens is 272 g/mol. The summed E-state index contributed by atoms with van der Waals surface area (Å²) in [6.45, 7) is 7.88. The molecule has 0 bridgehead atoms. The van der Waals surface area contributed by atoms with Gasteiger partial charge < -0.3 is 10.0 Å². The number of anilines is 1. The Hall–Kier alpha value is -0.590. The van der Waals surface area contributed by atoms with E-state index in [1.54, 1.807) is 0 Å². The van der Waals surface area contributed by atoms with Gasteiger partial charge >= 0.3 is 0 Å². The first-order chi connectivity index (χ1) is 8.60. The van der Waals surface area contributed by atoms with Crippen molar-refractivity contribution in [3.63, 3.8) is 0 Å². The van der Waals surface area contributed by atoms with Gasteiger partial charge in [0.1, 0.15) is 0 Å². The van der Waals surface area contributed by atoms with Crippen molar-refractivity contribution >= 4 is 29.3 Å². The van der Waals surface area contributed by atoms with Crippen LogP contribution in [0.3, 0.4) is 0 Å². The van der Waals surface area contributed by atoms with Gasteiger partial charge in [-0.2, -0.15) is 15.0 Å². The third-order valence-electron chi connectivity index (χ3n) is 2.43. The quantitative estimate of drug-likeness (QED) is 0.776. The van der Waals surface area contributed by atoms with Crippen LogP contribution in [0.2, 0.25) is 5.28 Å². The Morgan fingerprint density at radius 3 is 2.50 bits per heavy atom. The Morgan fingerprint density at radius 1 is 1.28 bits per heavy atom. The number of thioether (sulfide) groups is 1. The Balaban J connectivity index is 2.80. The van der Waals surface area contributed by atoms with Crippen LogP contribution in [-0.2, 0) is 0 Å². The molecule has 0 spiro atoms. The fourth-order valence-corrected chi connectivity index (χ4v) is 2.35. The van der Waals surface area contributed by atoms with Crippen LogP contribution in [0, 0.1) is 5.92 Å². The van der Waals surface area contributed by atoms with E-state index in [-0.39, 0.29) is 17.8 Å². The van der Waals surface area contributed by atoms with Gasteiger partial charge in [0.05, 0.1) is 0 Å². The predicted octanol–water partition coefficient (Wildman–Crippen LogP) is 2.09. The number of aliphatic hydroxyl groups is 1. The Kier molecular flexibility index (Phi) is 6.67. The molecule has 102 valence electrons. The first kappa shape index (κ1) is 15.5. The van der Waals surface area contributed by atoms with Crippen LogP contribution in [-0.4, -0.2) is 45.5 Å². The molecule has 0 aliphatic rings. The van der Waals surface area contributed by atoms with Crippen LogP contribution in [0.1, 0.15) is 20.8 Å². The van der Waals surface area contributed by atoms with E-state index < -0.39 is 0 Å². The number of halogens is 1. The molecule has 0 aromatic carbocycles. The Bertz CT molecular complexity index is 376. The minimum absolute atomic E-state index is 0.161. The van der Waals surface area contributed by atoms with E-state index in [1.165, 1.54) is 11.8 Å². The molecule has 18 heavy (non-hydrogen) atoms. The zero-order valence-electron chi connectivity index (χ0n) is 10.9. The summed E-state index contributed by atoms with van der Waals surface area (Å²) in [5.41, 5.74) is 0. The molecule has 1 unspecified atom stereocenters. The van der Waals surface area contributed by atoms with E-state index in [2.05, 4.69) is 15.0 Å². The second-order valence-corrected chi connectivity index (χ2v) is 5.28. The molecule has 0 saturated carbocycles. The molecular formula is C11H19ClN4OS. The molecule has 1 heterocycles. The van der Waals surface area contributed by atoms with Gasteiger partial charge in [-0.15, -0.1) is 0 Å². The number of rotatable bonds is 7. The molecule has 5 nitrogen and oxygen atoms in total. The number of hydrogen-bond acceptors (Lipinski definition) is 6. The van der Waals surface area contributed by atoms with Gasteiger partial charge in [-0.25, -0.2) is 0 Å². The number of hydrogen-bond donors (Lipinski definition) is 1. The molecule has 1 aromatic rings. The SMILES string of the molecule is CCN(CC)c1nc(Cl)nc(SCC(C)CO)n1. The van der Waals surface area contributed by atoms with Crippen molar-refractivity contribution in [3.8, 4) is 0 Å². The third kappa shape index (κ3) is 4.59. The summed E-state index contributed by atoms with van der Waals surface area (Å²) in [4.78, 5) is 14.6. The van der Waals surface area contributed by atoms with Gasteiger partial charge in [-0.3, -0.25) is 0 Å². The van der Waals surface area contributed by atoms with Crippen molar-refractivity contribution in [2.24, 2.45) is 5.92 Å². The lowest BCUT2D eigenvalue weighted by Crippen LogP contribution is -2.24. The van der Waals surface area contributed by atoms with E-state index in [0.29, 0.717) is 11.1 Å². The van der Waals surface area contributed by atoms with Crippen molar-refractivity contribution in [3.05, 3.63) is 5.28 Å². The Labute approximate surface area is 117 Å². The van der Waals surface area contributed by atoms with Crippen LogP contribution < -0.4 is 4.90 Å². The minimum Gasteiger partial charge on any atom is -0.396 e. The normalized spacial score (nSPS) is 12.5. The number of aliphatic hydroxyl groups excluding tert-OH is 1. The highest BCUT2D eigenvalue weighted by atomic mass is 35.5. The van der Waals surface area contributed by atoms with E-state index in [9.17, 15) is 0 Å². The molecule has 1 aromatic heterocycles. The lowest BCUT2D eigenvalue weighted by atomic mass is 10.2. The van der Waals surface area contributed by atoms with Crippen LogP contribution in [0.25, 0.3) is 0 Å². The highest BCUT2D eigenvalue weighted by molar-refractivity contribution is 7.99. The van der Waals surface area contributed by atoms with E-state index >= 15 is 0 Å². The lowest BCUT2D eigenvalue weighted by Gasteiger charge is -2.18. The summed E-state index contributed by atoms with van der Waals surface area (Å²) in [7, 11) is 0. The van der Waals surface area contributed by atoms with Crippen molar-refractivity contribution in [2.75, 3.05) is 30.3 Å². The highest BCUT2D eigenvalue weighted by Crippen LogP contribution is 2.20. The summed E-state index contributed by atoms with van der Waals surface area (Å²) < 4.78 is 0. The summed E-state index contributed by atoms with van der Waals surface area (Å²) in [6.07, 6.45) is 0. The van der Waals surface area contributed by atoms with Gasteiger partial charge in [-0.1, -0.05) is 18.7 Å². The molecule has 1 rings (SSSR count). The summed E-state index contributed by atoms with van der Waals surface area (Å²) >= 11 is 7.39. The monoisotopic (exact) mass is 290 g/mol. The fourth-order valence-electron chi connectivity index (χ4n) is 1.30. The fraction of sp³-hybridized carbons (Fsp3) is 0.727. The molecule has 0 fully saturated rings. The predicted molar refractivity (Wildman–Crippen MR) is 75.4 cm³/mol. The molecule has 0 aliphatic carbocycles. The standard InChI is InChI=1S/C11H19ClN4OS/c1-4-16(5-2)10-13-9(12)14-11(15-10)18-7-8(3)6-17/h8,17H,4-7H2,1-3H3. The number of aromatic nitrogens is 3. The maximum atomic E-state index is 8.99. The van der Waals surface area contributed by atoms with Gasteiger partial charge in [0, 0.05) is 25.4 Å². The second-order valence-electron chi connectivity index (χ2n) is 3.96. The average Bonchev–Trinajstić information content (AvgIpc) is 2.37. The topological polar surface area (TPSA) is 62.1 Å². The van der Waals surface area contributed by atoms with Crippen molar-refractivity contribution in [1.29, 1.82) is 0 Å². The smallest absolute Gasteiger partial charge is 0.230 e. The molecule has 1 N–H and O–H groups in total. The molecule has 0 amide bonds. The van der Waals surface area contributed by atoms with Gasteiger partial charge in [-0.05, 0) is 31.4 Å². The third-order valence-corrected chi connectivity index (χ3v) is 3.78. The Morgan fingerprint density at radius 2 is 1.94 bits per heavy atom. The first-order valence-corrected chi connectivity index (χ1v) is 7.37. The molecule has 0 saturated heterocycles. The average molecular weight is 291 g/mol. The van der Waals surface area contributed by atoms with Crippen LogP contribution in [0.5, 0.6) is 0 Å². The van der Waals surface area contributed by atoms with Crippen LogP contribution >= 0.6 is 23.4 Å². The van der Waals surface area contributed by atoms with E-state index in [4.69, 9.17) is 16.7 Å².